The van der Waals surface area contributed by atoms with E-state index < -0.39 is 5.54 Å². The van der Waals surface area contributed by atoms with Crippen LogP contribution in [0.1, 0.15) is 51.4 Å². The highest BCUT2D eigenvalue weighted by atomic mass is 32.1. The number of urea groups is 1. The maximum Gasteiger partial charge on any atom is 0.315 e. The van der Waals surface area contributed by atoms with Crippen LogP contribution in [0.4, 0.5) is 4.79 Å². The molecule has 2 rings (SSSR count). The van der Waals surface area contributed by atoms with Crippen LogP contribution in [0.15, 0.2) is 0 Å². The van der Waals surface area contributed by atoms with Crippen molar-refractivity contribution in [1.29, 1.82) is 0 Å². The van der Waals surface area contributed by atoms with Crippen LogP contribution in [0.3, 0.4) is 0 Å². The van der Waals surface area contributed by atoms with E-state index in [1.807, 2.05) is 0 Å². The second-order valence-electron chi connectivity index (χ2n) is 5.87. The Bertz CT molecular complexity index is 348. The molecule has 2 aliphatic rings. The minimum Gasteiger partial charge on any atom is -0.391 e. The molecule has 0 spiro atoms. The lowest BCUT2D eigenvalue weighted by atomic mass is 9.84. The van der Waals surface area contributed by atoms with E-state index in [9.17, 15) is 4.79 Å². The van der Waals surface area contributed by atoms with Crippen molar-refractivity contribution in [3.05, 3.63) is 0 Å². The van der Waals surface area contributed by atoms with E-state index in [0.29, 0.717) is 18.2 Å². The molecule has 1 heterocycles. The summed E-state index contributed by atoms with van der Waals surface area (Å²) in [5.41, 5.74) is 5.43. The van der Waals surface area contributed by atoms with Crippen molar-refractivity contribution in [2.24, 2.45) is 5.73 Å². The summed E-state index contributed by atoms with van der Waals surface area (Å²) >= 11 is 5.24. The molecule has 0 radical (unpaired) electrons. The van der Waals surface area contributed by atoms with Crippen LogP contribution in [-0.2, 0) is 4.74 Å². The van der Waals surface area contributed by atoms with Gasteiger partial charge in [0, 0.05) is 6.61 Å². The van der Waals surface area contributed by atoms with Gasteiger partial charge >= 0.3 is 6.03 Å². The summed E-state index contributed by atoms with van der Waals surface area (Å²) in [6.07, 6.45) is 8.31. The van der Waals surface area contributed by atoms with Crippen LogP contribution in [0.2, 0.25) is 0 Å². The van der Waals surface area contributed by atoms with Gasteiger partial charge in [-0.2, -0.15) is 0 Å². The second-order valence-corrected chi connectivity index (χ2v) is 6.31. The molecule has 2 fully saturated rings. The lowest BCUT2D eigenvalue weighted by molar-refractivity contribution is 0.187. The number of carbonyl (C=O) groups excluding carboxylic acids is 1. The molecule has 0 aromatic carbocycles. The number of ether oxygens (including phenoxy) is 1. The van der Waals surface area contributed by atoms with Gasteiger partial charge in [0.15, 0.2) is 0 Å². The van der Waals surface area contributed by atoms with Crippen molar-refractivity contribution >= 4 is 23.2 Å². The summed E-state index contributed by atoms with van der Waals surface area (Å²) < 4.78 is 5.26. The Hall–Kier alpha value is -0.880. The van der Waals surface area contributed by atoms with Crippen molar-refractivity contribution < 1.29 is 9.53 Å². The maximum absolute atomic E-state index is 12.2. The Morgan fingerprint density at radius 1 is 1.20 bits per heavy atom. The fraction of sp³-hybridized carbons (Fsp3) is 0.857. The molecule has 0 aromatic heterocycles. The molecule has 1 saturated heterocycles. The van der Waals surface area contributed by atoms with E-state index in [0.717, 1.165) is 32.1 Å². The van der Waals surface area contributed by atoms with Gasteiger partial charge in [0.1, 0.15) is 0 Å². The van der Waals surface area contributed by atoms with Crippen molar-refractivity contribution in [2.75, 3.05) is 13.2 Å². The number of nitrogens with two attached hydrogens (primary N) is 1. The molecule has 0 bridgehead atoms. The summed E-state index contributed by atoms with van der Waals surface area (Å²) in [4.78, 5) is 12.6. The fourth-order valence-corrected chi connectivity index (χ4v) is 3.28. The number of amides is 2. The molecular weight excluding hydrogens is 274 g/mol. The van der Waals surface area contributed by atoms with Crippen molar-refractivity contribution in [1.82, 2.24) is 10.6 Å². The van der Waals surface area contributed by atoms with Gasteiger partial charge in [-0.25, -0.2) is 4.79 Å². The molecule has 20 heavy (non-hydrogen) atoms. The van der Waals surface area contributed by atoms with Crippen LogP contribution in [-0.4, -0.2) is 35.8 Å². The first-order chi connectivity index (χ1) is 9.62. The Morgan fingerprint density at radius 3 is 2.40 bits per heavy atom. The summed E-state index contributed by atoms with van der Waals surface area (Å²) in [7, 11) is 0. The van der Waals surface area contributed by atoms with E-state index >= 15 is 0 Å². The third-order valence-electron chi connectivity index (χ3n) is 4.30. The zero-order valence-corrected chi connectivity index (χ0v) is 12.8. The van der Waals surface area contributed by atoms with Crippen molar-refractivity contribution in [3.8, 4) is 0 Å². The molecule has 0 aromatic rings. The van der Waals surface area contributed by atoms with Crippen molar-refractivity contribution in [2.45, 2.75) is 62.9 Å². The molecule has 2 amide bonds. The highest BCUT2D eigenvalue weighted by molar-refractivity contribution is 7.80. The van der Waals surface area contributed by atoms with E-state index in [1.54, 1.807) is 0 Å². The molecule has 114 valence electrons. The topological polar surface area (TPSA) is 76.4 Å². The lowest BCUT2D eigenvalue weighted by Crippen LogP contribution is -2.60. The first-order valence-electron chi connectivity index (χ1n) is 7.59. The number of carbonyl (C=O) groups is 1. The maximum atomic E-state index is 12.2. The van der Waals surface area contributed by atoms with Crippen LogP contribution >= 0.6 is 12.2 Å². The number of hydrogen-bond donors (Lipinski definition) is 3. The summed E-state index contributed by atoms with van der Waals surface area (Å²) in [6, 6.07) is -0.0687. The zero-order valence-electron chi connectivity index (χ0n) is 12.0. The fourth-order valence-electron chi connectivity index (χ4n) is 3.03. The molecule has 1 unspecified atom stereocenters. The average Bonchev–Trinajstić information content (AvgIpc) is 2.85. The first-order valence-corrected chi connectivity index (χ1v) is 7.99. The van der Waals surface area contributed by atoms with Crippen LogP contribution in [0, 0.1) is 0 Å². The van der Waals surface area contributed by atoms with Crippen LogP contribution < -0.4 is 16.4 Å². The molecule has 1 aliphatic heterocycles. The van der Waals surface area contributed by atoms with Gasteiger partial charge in [-0.3, -0.25) is 0 Å². The summed E-state index contributed by atoms with van der Waals surface area (Å²) in [5, 5.41) is 6.01. The molecule has 1 saturated carbocycles. The summed E-state index contributed by atoms with van der Waals surface area (Å²) in [5.74, 6) is 0. The smallest absolute Gasteiger partial charge is 0.315 e. The molecule has 4 N–H and O–H groups in total. The monoisotopic (exact) mass is 299 g/mol. The van der Waals surface area contributed by atoms with Crippen LogP contribution in [0.25, 0.3) is 0 Å². The van der Waals surface area contributed by atoms with Gasteiger partial charge < -0.3 is 21.1 Å². The Balaban J connectivity index is 1.95. The van der Waals surface area contributed by atoms with E-state index in [4.69, 9.17) is 22.7 Å². The van der Waals surface area contributed by atoms with Gasteiger partial charge in [0.2, 0.25) is 0 Å². The Kier molecular flexibility index (Phi) is 5.60. The van der Waals surface area contributed by atoms with Crippen molar-refractivity contribution in [3.63, 3.8) is 0 Å². The minimum absolute atomic E-state index is 0.104. The SMILES string of the molecule is NC(=S)C1(NC(=O)NC2CCOC2)CCCCCCC1. The van der Waals surface area contributed by atoms with Gasteiger partial charge in [0.05, 0.1) is 23.2 Å². The summed E-state index contributed by atoms with van der Waals surface area (Å²) in [6.45, 7) is 1.30. The molecule has 1 aliphatic carbocycles. The molecule has 5 nitrogen and oxygen atoms in total. The third-order valence-corrected chi connectivity index (χ3v) is 4.69. The number of thiocarbonyl (C=S) groups is 1. The molecule has 6 heteroatoms. The highest BCUT2D eigenvalue weighted by Crippen LogP contribution is 2.27. The van der Waals surface area contributed by atoms with Gasteiger partial charge in [-0.15, -0.1) is 0 Å². The predicted molar refractivity (Wildman–Crippen MR) is 82.7 cm³/mol. The largest absolute Gasteiger partial charge is 0.391 e. The third kappa shape index (κ3) is 4.06. The first kappa shape index (κ1) is 15.5. The van der Waals surface area contributed by atoms with E-state index in [2.05, 4.69) is 10.6 Å². The van der Waals surface area contributed by atoms with Gasteiger partial charge in [-0.1, -0.05) is 44.3 Å². The highest BCUT2D eigenvalue weighted by Gasteiger charge is 2.35. The average molecular weight is 299 g/mol. The number of hydrogen-bond acceptors (Lipinski definition) is 3. The Labute approximate surface area is 126 Å². The standard InChI is InChI=1S/C14H25N3O2S/c15-12(20)14(7-4-2-1-3-5-8-14)17-13(18)16-11-6-9-19-10-11/h11H,1-10H2,(H2,15,20)(H2,16,17,18). The second kappa shape index (κ2) is 7.22. The van der Waals surface area contributed by atoms with Gasteiger partial charge in [0.25, 0.3) is 0 Å². The van der Waals surface area contributed by atoms with E-state index in [1.165, 1.54) is 19.3 Å². The quantitative estimate of drug-likeness (QED) is 0.695. The zero-order chi connectivity index (χ0) is 14.4. The number of rotatable bonds is 3. The van der Waals surface area contributed by atoms with Crippen LogP contribution in [0.5, 0.6) is 0 Å². The Morgan fingerprint density at radius 2 is 1.85 bits per heavy atom. The minimum atomic E-state index is -0.515. The van der Waals surface area contributed by atoms with E-state index in [-0.39, 0.29) is 12.1 Å². The molecular formula is C14H25N3O2S. The molecule has 1 atom stereocenters. The van der Waals surface area contributed by atoms with Gasteiger partial charge in [-0.05, 0) is 19.3 Å². The number of nitrogens with one attached hydrogen (secondary N) is 2. The lowest BCUT2D eigenvalue weighted by Gasteiger charge is -2.35. The predicted octanol–water partition coefficient (Wildman–Crippen LogP) is 1.84. The normalized spacial score (nSPS) is 26.3.